The van der Waals surface area contributed by atoms with E-state index in [9.17, 15) is 38.4 Å². The van der Waals surface area contributed by atoms with E-state index in [1.807, 2.05) is 39.0 Å². The molecule has 4 bridgehead atoms. The van der Waals surface area contributed by atoms with Crippen LogP contribution < -0.4 is 89.2 Å². The number of nitrogens with zero attached hydrogens (tertiary/aromatic N) is 3. The first kappa shape index (κ1) is 104. The summed E-state index contributed by atoms with van der Waals surface area (Å²) in [7, 11) is 7.76. The maximum atomic E-state index is 15.1. The summed E-state index contributed by atoms with van der Waals surface area (Å²) in [5.74, 6) is 1.01. The summed E-state index contributed by atoms with van der Waals surface area (Å²) in [6, 6.07) is 20.8. The molecule has 4 aromatic rings. The third-order valence-corrected chi connectivity index (χ3v) is 30.5. The molecule has 2 spiro atoms. The van der Waals surface area contributed by atoms with E-state index in [0.717, 1.165) is 114 Å². The second kappa shape index (κ2) is 51.2. The Morgan fingerprint density at radius 2 is 0.978 bits per heavy atom. The maximum Gasteiger partial charge on any atom is 0.343 e. The smallest absolute Gasteiger partial charge is 0.343 e. The lowest BCUT2D eigenvalue weighted by Gasteiger charge is -2.63. The van der Waals surface area contributed by atoms with Gasteiger partial charge in [-0.3, -0.25) is 50.0 Å². The zero-order valence-corrected chi connectivity index (χ0v) is 82.5. The molecule has 8 aliphatic rings. The molecule has 0 aromatic heterocycles. The van der Waals surface area contributed by atoms with E-state index in [1.54, 1.807) is 70.5 Å². The van der Waals surface area contributed by atoms with E-state index in [4.69, 9.17) is 58.8 Å². The van der Waals surface area contributed by atoms with Gasteiger partial charge in [-0.15, -0.1) is 0 Å². The number of likely N-dealkylation sites (N-methyl/N-ethyl adjacent to an activating group) is 2. The summed E-state index contributed by atoms with van der Waals surface area (Å²) in [6.45, 7) is 19.3. The average Bonchev–Trinajstić information content (AvgIpc) is 1.48. The van der Waals surface area contributed by atoms with Crippen LogP contribution in [0.1, 0.15) is 263 Å². The topological polar surface area (TPSA) is 437 Å². The largest absolute Gasteiger partial charge is 0.493 e. The molecule has 31 nitrogen and oxygen atoms in total. The predicted octanol–water partition coefficient (Wildman–Crippen LogP) is 11.0. The molecule has 4 aromatic carbocycles. The van der Waals surface area contributed by atoms with E-state index in [-0.39, 0.29) is 82.3 Å². The van der Waals surface area contributed by atoms with Crippen molar-refractivity contribution in [2.24, 2.45) is 62.4 Å². The molecule has 16 atom stereocenters. The minimum Gasteiger partial charge on any atom is -0.493 e. The maximum absolute atomic E-state index is 15.1. The van der Waals surface area contributed by atoms with Gasteiger partial charge in [-0.1, -0.05) is 110 Å². The molecule has 4 aliphatic carbocycles. The fourth-order valence-corrected chi connectivity index (χ4v) is 22.4. The number of esters is 3. The Hall–Kier alpha value is -9.86. The molecule has 16 N–H and O–H groups in total. The summed E-state index contributed by atoms with van der Waals surface area (Å²) in [5, 5.41) is 24.9. The standard InChI is InChI=1S/C81H111N11O12.C24H46N4O4/c1-8-50(74(95)101-62-34-36-78(2)64-47-54-28-31-60(98-6)68-66(54)80(78,70(62)103-68)38-44-91(64)4)20-14-18-42-86-72(93)57(24-12-16-40-82)88-49-89-58(25-13-17-41-83)73(94)87-43-19-15-23-52(26-27-53-46-56(90-77(84)85)30-33-59(53)100-75(96)51-21-10-9-11-22-51)76(97)102-63-35-37-79(3)65-48-55-29-32-61(99-7)69-67(55)81(79,71(63)104-69)39-45-92(65)5;1-5-11-22(17-30)13-8-10-15-26-24(32)20(4)28-18-27-19(3)23(31)25-14-9-7-12-21(6-2)16-29/h9-11,21-22,28-35,46,50,52,57-58,64-65,70-71,88-89H,8,12-20,23-27,36-45,47-49,82-83H2,1-7H3,(H,86,93)(H,87,94)(H4,84,85,90);16-17,19-22,27-28H,5-15,18H2,1-4H3,(H,25,31)(H,26,32)/t50-,52-,57-,58+,64-,65-,70+,71+,78+,79+,80+,81+;19?,20?,21-,22+/m11/s1/i;16D,17D. The van der Waals surface area contributed by atoms with E-state index >= 15 is 4.79 Å². The van der Waals surface area contributed by atoms with Gasteiger partial charge < -0.3 is 96.7 Å². The van der Waals surface area contributed by atoms with Crippen LogP contribution in [0.5, 0.6) is 28.7 Å². The van der Waals surface area contributed by atoms with Crippen LogP contribution in [0.2, 0.25) is 0 Å². The Labute approximate surface area is 808 Å². The van der Waals surface area contributed by atoms with Gasteiger partial charge >= 0.3 is 17.9 Å². The molecule has 4 amide bonds. The average molecular weight is 1890 g/mol. The first-order valence-corrected chi connectivity index (χ1v) is 50.3. The number of aryl methyl sites for hydroxylation is 1. The molecule has 0 saturated carbocycles. The number of hydrogen-bond acceptors (Lipinski definition) is 25. The highest BCUT2D eigenvalue weighted by Crippen LogP contribution is 2.71. The molecule has 748 valence electrons. The van der Waals surface area contributed by atoms with Gasteiger partial charge in [0.2, 0.25) is 23.6 Å². The van der Waals surface area contributed by atoms with Crippen LogP contribution in [0.15, 0.2) is 101 Å². The highest BCUT2D eigenvalue weighted by atomic mass is 16.6. The highest BCUT2D eigenvalue weighted by Gasteiger charge is 2.72. The fraction of sp³-hybridized carbons (Fsp3) is 0.638. The Morgan fingerprint density at radius 3 is 1.43 bits per heavy atom. The number of ether oxygens (including phenoxy) is 7. The number of hydrogen-bond donors (Lipinski definition) is 12. The fourth-order valence-electron chi connectivity index (χ4n) is 22.4. The first-order valence-electron chi connectivity index (χ1n) is 51.3. The van der Waals surface area contributed by atoms with Crippen LogP contribution in [-0.2, 0) is 77.9 Å². The molecule has 4 heterocycles. The number of benzene rings is 4. The Kier molecular flexibility index (Phi) is 38.9. The number of carbonyl (C=O) groups is 9. The third-order valence-electron chi connectivity index (χ3n) is 30.5. The predicted molar refractivity (Wildman–Crippen MR) is 527 cm³/mol. The molecule has 0 radical (unpaired) electrons. The van der Waals surface area contributed by atoms with Gasteiger partial charge in [-0.2, -0.15) is 0 Å². The number of unbranched alkanes of at least 4 members (excludes halogenated alkanes) is 6. The number of rotatable bonds is 58. The molecule has 12 rings (SSSR count). The van der Waals surface area contributed by atoms with Crippen molar-refractivity contribution in [3.05, 3.63) is 130 Å². The zero-order chi connectivity index (χ0) is 99.4. The summed E-state index contributed by atoms with van der Waals surface area (Å²) in [6.07, 6.45) is 22.7. The van der Waals surface area contributed by atoms with Gasteiger partial charge in [0.05, 0.1) is 72.3 Å². The Balaban J connectivity index is 0.000000456. The van der Waals surface area contributed by atoms with Crippen LogP contribution in [0.3, 0.4) is 0 Å². The quantitative estimate of drug-likeness (QED) is 0.00371. The van der Waals surface area contributed by atoms with Crippen molar-refractivity contribution in [1.82, 2.24) is 52.3 Å². The normalized spacial score (nSPS) is 23.1. The number of likely N-dealkylation sites (tertiary alicyclic amines) is 2. The lowest BCUT2D eigenvalue weighted by Crippen LogP contribution is -2.69. The van der Waals surface area contributed by atoms with E-state index in [0.29, 0.717) is 200 Å². The van der Waals surface area contributed by atoms with Gasteiger partial charge in [0.25, 0.3) is 0 Å². The van der Waals surface area contributed by atoms with E-state index < -0.39 is 72.2 Å². The number of aldehydes is 2. The zero-order valence-electron chi connectivity index (χ0n) is 84.5. The van der Waals surface area contributed by atoms with Crippen LogP contribution in [0.4, 0.5) is 5.69 Å². The highest BCUT2D eigenvalue weighted by molar-refractivity contribution is 5.91. The van der Waals surface area contributed by atoms with Gasteiger partial charge in [-0.05, 0) is 273 Å². The summed E-state index contributed by atoms with van der Waals surface area (Å²) >= 11 is 0. The van der Waals surface area contributed by atoms with Gasteiger partial charge in [0.1, 0.15) is 32.5 Å². The van der Waals surface area contributed by atoms with Gasteiger partial charge in [0, 0.05) is 85.4 Å². The number of nitrogens with two attached hydrogens (primary N) is 4. The monoisotopic (exact) mass is 1890 g/mol. The molecule has 4 aliphatic heterocycles. The molecular weight excluding hydrogens is 1730 g/mol. The number of allylic oxidation sites excluding steroid dienone is 2. The summed E-state index contributed by atoms with van der Waals surface area (Å²) in [4.78, 5) is 127. The number of aliphatic imine (C=N–C) groups is 1. The second-order valence-electron chi connectivity index (χ2n) is 39.1. The summed E-state index contributed by atoms with van der Waals surface area (Å²) in [5.41, 5.74) is 28.8. The van der Waals surface area contributed by atoms with Crippen molar-refractivity contribution < 1.29 is 79.1 Å². The Morgan fingerprint density at radius 1 is 0.529 bits per heavy atom. The Bertz CT molecular complexity index is 4910. The molecule has 2 saturated heterocycles. The third kappa shape index (κ3) is 25.2. The lowest BCUT2D eigenvalue weighted by molar-refractivity contribution is -0.150. The van der Waals surface area contributed by atoms with E-state index in [1.165, 1.54) is 22.3 Å². The van der Waals surface area contributed by atoms with Crippen LogP contribution in [0, 0.1) is 34.5 Å². The van der Waals surface area contributed by atoms with Crippen molar-refractivity contribution in [1.29, 1.82) is 0 Å². The van der Waals surface area contributed by atoms with E-state index in [2.05, 4.69) is 110 Å². The number of carbonyl (C=O) groups excluding carboxylic acids is 9. The number of nitrogens with one attached hydrogen (secondary N) is 8. The van der Waals surface area contributed by atoms with Gasteiger partial charge in [0.15, 0.2) is 41.2 Å². The number of amides is 4. The van der Waals surface area contributed by atoms with Crippen molar-refractivity contribution in [3.63, 3.8) is 0 Å². The molecule has 2 unspecified atom stereocenters. The number of methoxy groups -OCH3 is 2. The van der Waals surface area contributed by atoms with Gasteiger partial charge in [-0.25, -0.2) is 9.79 Å². The molecule has 31 heteroatoms. The van der Waals surface area contributed by atoms with Crippen LogP contribution in [-0.4, -0.2) is 212 Å². The molecular formula is C105H157N15O16. The lowest BCUT2D eigenvalue weighted by atomic mass is 9.45. The number of piperidine rings is 2. The van der Waals surface area contributed by atoms with Crippen LogP contribution in [0.25, 0.3) is 0 Å². The minimum absolute atomic E-state index is 0.111. The second-order valence-corrected chi connectivity index (χ2v) is 39.1. The molecule has 136 heavy (non-hydrogen) atoms. The number of guanidine groups is 1. The van der Waals surface area contributed by atoms with Crippen molar-refractivity contribution in [3.8, 4) is 28.7 Å². The van der Waals surface area contributed by atoms with Crippen molar-refractivity contribution in [2.75, 3.05) is 94.0 Å². The SMILES string of the molecule is CC[C@H](CCCCNC(=O)[C@@H](CCCCN)NCN[C@@H](CCCCN)C(=O)NCCCC[C@H](CCc1cc(N=C(N)N)ccc1OC(=O)c1ccccc1)C(=O)OC1=CC[C@@]2(C)[C@H]3Cc4ccc(OC)c5c4[C@@]2(CCN3C)[C@H]1O5)C(=O)OC1=CC[C@@]2(C)[C@H]3Cc4ccc(OC)c5c4[C@@]2(CCN3C)[C@H]1O5.[2H]C(=O)[C@@H](CCC)CCCCNC(=O)C(C)NCNC(C)C(=O)NCCCC[C@@H](CC)C([2H])=O. The summed E-state index contributed by atoms with van der Waals surface area (Å²) < 4.78 is 59.3. The minimum atomic E-state index is -0.641. The molecule has 2 fully saturated rings. The van der Waals surface area contributed by atoms with Crippen molar-refractivity contribution in [2.45, 2.75) is 300 Å². The van der Waals surface area contributed by atoms with Crippen LogP contribution >= 0.6 is 0 Å². The van der Waals surface area contributed by atoms with Crippen molar-refractivity contribution >= 4 is 65.7 Å². The first-order chi connectivity index (χ1) is 66.4.